The van der Waals surface area contributed by atoms with Crippen LogP contribution in [-0.2, 0) is 17.1 Å². The summed E-state index contributed by atoms with van der Waals surface area (Å²) < 4.78 is 31.1. The number of aromatic nitrogens is 4. The van der Waals surface area contributed by atoms with E-state index in [0.29, 0.717) is 0 Å². The third-order valence-electron chi connectivity index (χ3n) is 2.69. The lowest BCUT2D eigenvalue weighted by Crippen LogP contribution is -2.29. The van der Waals surface area contributed by atoms with Crippen LogP contribution >= 0.6 is 27.5 Å². The van der Waals surface area contributed by atoms with Crippen LogP contribution in [0.15, 0.2) is 9.63 Å². The monoisotopic (exact) mass is 395 g/mol. The van der Waals surface area contributed by atoms with Gasteiger partial charge in [-0.3, -0.25) is 4.31 Å². The van der Waals surface area contributed by atoms with Gasteiger partial charge in [-0.1, -0.05) is 5.21 Å². The molecule has 0 saturated heterocycles. The highest BCUT2D eigenvalue weighted by atomic mass is 79.9. The van der Waals surface area contributed by atoms with Crippen molar-refractivity contribution in [2.75, 3.05) is 11.4 Å². The van der Waals surface area contributed by atoms with Crippen LogP contribution < -0.4 is 4.31 Å². The van der Waals surface area contributed by atoms with Crippen molar-refractivity contribution < 1.29 is 18.3 Å². The fourth-order valence-corrected chi connectivity index (χ4v) is 4.94. The Kier molecular flexibility index (Phi) is 4.04. The third kappa shape index (κ3) is 2.53. The molecule has 12 heteroatoms. The molecular formula is C9H10BrN5O4S2. The first kappa shape index (κ1) is 15.9. The minimum atomic E-state index is -4.02. The summed E-state index contributed by atoms with van der Waals surface area (Å²) >= 11 is 3.82. The third-order valence-corrected chi connectivity index (χ3v) is 6.46. The number of rotatable bonds is 4. The second-order valence-corrected chi connectivity index (χ2v) is 7.42. The van der Waals surface area contributed by atoms with Gasteiger partial charge in [-0.25, -0.2) is 9.48 Å². The van der Waals surface area contributed by atoms with Crippen molar-refractivity contribution in [2.45, 2.75) is 11.9 Å². The molecule has 0 aliphatic carbocycles. The van der Waals surface area contributed by atoms with Gasteiger partial charge in [0.2, 0.25) is 5.03 Å². The van der Waals surface area contributed by atoms with Crippen LogP contribution in [0.1, 0.15) is 16.1 Å². The highest BCUT2D eigenvalue weighted by Crippen LogP contribution is 2.32. The fourth-order valence-electron chi connectivity index (χ4n) is 1.65. The molecule has 0 aliphatic heterocycles. The maximum absolute atomic E-state index is 12.6. The lowest BCUT2D eigenvalue weighted by Gasteiger charge is -2.17. The molecule has 0 fully saturated rings. The van der Waals surface area contributed by atoms with Gasteiger partial charge in [-0.2, -0.15) is 12.8 Å². The number of nitrogens with zero attached hydrogens (tertiary/aromatic N) is 5. The lowest BCUT2D eigenvalue weighted by molar-refractivity contribution is 0.0697. The first-order valence-corrected chi connectivity index (χ1v) is 8.42. The Balaban J connectivity index is 2.60. The van der Waals surface area contributed by atoms with Crippen LogP contribution in [0, 0.1) is 6.92 Å². The number of aryl methyl sites for hydroxylation is 2. The average molecular weight is 396 g/mol. The van der Waals surface area contributed by atoms with Crippen LogP contribution in [0.25, 0.3) is 0 Å². The molecule has 0 unspecified atom stereocenters. The Morgan fingerprint density at radius 2 is 2.10 bits per heavy atom. The van der Waals surface area contributed by atoms with Crippen molar-refractivity contribution in [2.24, 2.45) is 7.05 Å². The summed E-state index contributed by atoms with van der Waals surface area (Å²) in [4.78, 5) is 11.3. The Morgan fingerprint density at radius 1 is 1.48 bits per heavy atom. The van der Waals surface area contributed by atoms with Crippen molar-refractivity contribution in [3.63, 3.8) is 0 Å². The van der Waals surface area contributed by atoms with Crippen molar-refractivity contribution >= 4 is 48.5 Å². The van der Waals surface area contributed by atoms with E-state index in [9.17, 15) is 18.3 Å². The fraction of sp³-hybridized carbons (Fsp3) is 0.333. The molecule has 114 valence electrons. The summed E-state index contributed by atoms with van der Waals surface area (Å²) in [6, 6.07) is 0. The number of hydrogen-bond donors (Lipinski definition) is 1. The maximum atomic E-state index is 12.6. The molecule has 2 rings (SSSR count). The molecule has 21 heavy (non-hydrogen) atoms. The van der Waals surface area contributed by atoms with Gasteiger partial charge in [-0.05, 0) is 34.4 Å². The van der Waals surface area contributed by atoms with Gasteiger partial charge in [0, 0.05) is 14.1 Å². The highest BCUT2D eigenvalue weighted by molar-refractivity contribution is 9.10. The van der Waals surface area contributed by atoms with E-state index in [2.05, 4.69) is 30.6 Å². The largest absolute Gasteiger partial charge is 0.478 e. The van der Waals surface area contributed by atoms with E-state index < -0.39 is 16.0 Å². The zero-order valence-corrected chi connectivity index (χ0v) is 14.3. The molecule has 0 bridgehead atoms. The Labute approximate surface area is 132 Å². The van der Waals surface area contributed by atoms with Gasteiger partial charge < -0.3 is 5.11 Å². The number of halogens is 1. The number of aromatic carboxylic acids is 1. The van der Waals surface area contributed by atoms with Gasteiger partial charge >= 0.3 is 5.97 Å². The van der Waals surface area contributed by atoms with Crippen LogP contribution in [-0.4, -0.2) is 45.9 Å². The van der Waals surface area contributed by atoms with E-state index in [0.717, 1.165) is 20.5 Å². The maximum Gasteiger partial charge on any atom is 0.340 e. The van der Waals surface area contributed by atoms with E-state index >= 15 is 0 Å². The summed E-state index contributed by atoms with van der Waals surface area (Å²) in [5.41, 5.74) is 0.115. The van der Waals surface area contributed by atoms with Gasteiger partial charge in [0.25, 0.3) is 10.0 Å². The number of anilines is 1. The minimum absolute atomic E-state index is 0.0214. The van der Waals surface area contributed by atoms with Crippen LogP contribution in [0.5, 0.6) is 0 Å². The van der Waals surface area contributed by atoms with Crippen LogP contribution in [0.3, 0.4) is 0 Å². The van der Waals surface area contributed by atoms with Crippen molar-refractivity contribution in [1.29, 1.82) is 0 Å². The molecule has 2 aromatic rings. The highest BCUT2D eigenvalue weighted by Gasteiger charge is 2.33. The zero-order valence-electron chi connectivity index (χ0n) is 11.1. The summed E-state index contributed by atoms with van der Waals surface area (Å²) in [5.74, 6) is -1.24. The Hall–Kier alpha value is -1.53. The molecule has 0 aliphatic rings. The molecule has 2 aromatic heterocycles. The smallest absolute Gasteiger partial charge is 0.340 e. The van der Waals surface area contributed by atoms with Crippen molar-refractivity contribution in [1.82, 2.24) is 19.4 Å². The number of carbonyl (C=O) groups is 1. The van der Waals surface area contributed by atoms with Gasteiger partial charge in [0.15, 0.2) is 4.60 Å². The molecule has 0 spiro atoms. The molecule has 0 radical (unpaired) electrons. The predicted octanol–water partition coefficient (Wildman–Crippen LogP) is 0.866. The molecule has 9 nitrogen and oxygen atoms in total. The molecule has 2 heterocycles. The average Bonchev–Trinajstić information content (AvgIpc) is 2.91. The van der Waals surface area contributed by atoms with E-state index in [-0.39, 0.29) is 25.9 Å². The van der Waals surface area contributed by atoms with Crippen LogP contribution in [0.2, 0.25) is 0 Å². The topological polar surface area (TPSA) is 118 Å². The molecule has 0 saturated carbocycles. The summed E-state index contributed by atoms with van der Waals surface area (Å²) in [6.07, 6.45) is 0. The second-order valence-electron chi connectivity index (χ2n) is 4.03. The summed E-state index contributed by atoms with van der Waals surface area (Å²) in [5, 5.41) is 16.3. The molecule has 1 N–H and O–H groups in total. The first-order valence-electron chi connectivity index (χ1n) is 5.41. The number of carboxylic acids is 1. The quantitative estimate of drug-likeness (QED) is 0.815. The normalized spacial score (nSPS) is 11.6. The molecule has 0 atom stereocenters. The predicted molar refractivity (Wildman–Crippen MR) is 78.1 cm³/mol. The molecule has 0 amide bonds. The van der Waals surface area contributed by atoms with Gasteiger partial charge in [-0.15, -0.1) is 5.10 Å². The van der Waals surface area contributed by atoms with E-state index in [1.165, 1.54) is 21.0 Å². The van der Waals surface area contributed by atoms with E-state index in [4.69, 9.17) is 0 Å². The first-order chi connectivity index (χ1) is 9.67. The minimum Gasteiger partial charge on any atom is -0.478 e. The number of sulfonamides is 1. The Bertz CT molecular complexity index is 793. The number of hydrogen-bond acceptors (Lipinski definition) is 7. The zero-order chi connectivity index (χ0) is 15.9. The Morgan fingerprint density at radius 3 is 2.57 bits per heavy atom. The number of carboxylic acid groups (broad SMARTS) is 1. The van der Waals surface area contributed by atoms with Crippen molar-refractivity contribution in [3.05, 3.63) is 15.9 Å². The lowest BCUT2D eigenvalue weighted by atomic mass is 10.2. The second kappa shape index (κ2) is 5.35. The van der Waals surface area contributed by atoms with Crippen LogP contribution in [0.4, 0.5) is 5.00 Å². The van der Waals surface area contributed by atoms with Gasteiger partial charge in [0.1, 0.15) is 10.6 Å². The molecule has 0 aromatic carbocycles. The van der Waals surface area contributed by atoms with E-state index in [1.807, 2.05) is 0 Å². The summed E-state index contributed by atoms with van der Waals surface area (Å²) in [7, 11) is -1.34. The van der Waals surface area contributed by atoms with E-state index in [1.54, 1.807) is 0 Å². The molecular weight excluding hydrogens is 386 g/mol. The summed E-state index contributed by atoms with van der Waals surface area (Å²) in [6.45, 7) is 1.51. The SMILES string of the molecule is Cc1nsc(N(C)S(=O)(=O)c2c(Br)nnn2C)c1C(=O)O. The standard InChI is InChI=1S/C9H10BrN5O4S2/c1-4-5(9(16)17)7(20-12-4)15(3)21(18,19)8-6(10)11-13-14(8)2/h1-3H3,(H,16,17). The van der Waals surface area contributed by atoms with Gasteiger partial charge in [0.05, 0.1) is 5.69 Å². The van der Waals surface area contributed by atoms with Crippen molar-refractivity contribution in [3.8, 4) is 0 Å².